The van der Waals surface area contributed by atoms with Crippen LogP contribution in [0.3, 0.4) is 0 Å². The van der Waals surface area contributed by atoms with Gasteiger partial charge < -0.3 is 4.90 Å². The minimum absolute atomic E-state index is 0.0424. The van der Waals surface area contributed by atoms with E-state index in [2.05, 4.69) is 5.10 Å². The molecule has 2 aliphatic rings. The highest BCUT2D eigenvalue weighted by atomic mass is 35.5. The highest BCUT2D eigenvalue weighted by molar-refractivity contribution is 6.30. The molecule has 29 heavy (non-hydrogen) atoms. The van der Waals surface area contributed by atoms with E-state index in [1.165, 1.54) is 5.01 Å². The van der Waals surface area contributed by atoms with Gasteiger partial charge in [-0.25, -0.2) is 9.91 Å². The molecule has 1 aromatic carbocycles. The molecule has 0 saturated carbocycles. The molecule has 1 amide bonds. The third kappa shape index (κ3) is 4.79. The zero-order valence-corrected chi connectivity index (χ0v) is 16.0. The van der Waals surface area contributed by atoms with Crippen molar-refractivity contribution < 1.29 is 18.0 Å². The van der Waals surface area contributed by atoms with Crippen molar-refractivity contribution in [2.24, 2.45) is 5.10 Å². The number of halogens is 4. The molecule has 1 unspecified atom stereocenters. The van der Waals surface area contributed by atoms with Gasteiger partial charge in [0.15, 0.2) is 6.19 Å². The molecule has 3 rings (SSSR count). The topological polar surface area (TPSA) is 86.8 Å². The minimum Gasteiger partial charge on any atom is -0.332 e. The van der Waals surface area contributed by atoms with Crippen molar-refractivity contribution in [1.82, 2.24) is 14.8 Å². The maximum atomic E-state index is 12.5. The molecule has 1 aromatic rings. The number of hydrogen-bond acceptors (Lipinski definition) is 4. The first-order valence-corrected chi connectivity index (χ1v) is 9.31. The summed E-state index contributed by atoms with van der Waals surface area (Å²) >= 11 is 5.93. The molecular weight excluding hydrogens is 409 g/mol. The first-order valence-electron chi connectivity index (χ1n) is 8.93. The predicted octanol–water partition coefficient (Wildman–Crippen LogP) is 3.02. The molecule has 0 bridgehead atoms. The van der Waals surface area contributed by atoms with Crippen molar-refractivity contribution in [3.05, 3.63) is 34.9 Å². The molecule has 7 nitrogen and oxygen atoms in total. The lowest BCUT2D eigenvalue weighted by Crippen LogP contribution is -2.46. The van der Waals surface area contributed by atoms with E-state index in [1.54, 1.807) is 35.4 Å². The summed E-state index contributed by atoms with van der Waals surface area (Å²) in [7, 11) is 0. The van der Waals surface area contributed by atoms with Crippen LogP contribution in [0.5, 0.6) is 0 Å². The second kappa shape index (κ2) is 8.29. The first-order chi connectivity index (χ1) is 13.7. The lowest BCUT2D eigenvalue weighted by atomic mass is 10.0. The van der Waals surface area contributed by atoms with Gasteiger partial charge in [0.05, 0.1) is 24.7 Å². The largest absolute Gasteiger partial charge is 0.390 e. The lowest BCUT2D eigenvalue weighted by molar-refractivity contribution is -0.135. The average Bonchev–Trinajstić information content (AvgIpc) is 3.28. The Labute approximate surface area is 170 Å². The molecular formula is C18H18ClF3N6O. The van der Waals surface area contributed by atoms with Gasteiger partial charge in [0.1, 0.15) is 0 Å². The summed E-state index contributed by atoms with van der Waals surface area (Å²) in [6.45, 7) is -0.0471. The summed E-state index contributed by atoms with van der Waals surface area (Å²) in [4.78, 5) is 14.6. The first kappa shape index (κ1) is 20.9. The Bertz CT molecular complexity index is 864. The number of nitriles is 1. The number of hydrogen-bond donors (Lipinski definition) is 1. The van der Waals surface area contributed by atoms with Crippen LogP contribution in [-0.4, -0.2) is 64.2 Å². The number of guanidine groups is 1. The Balaban J connectivity index is 1.85. The number of hydrazone groups is 1. The Kier molecular flexibility index (Phi) is 5.98. The number of rotatable bonds is 4. The van der Waals surface area contributed by atoms with Crippen LogP contribution in [-0.2, 0) is 4.79 Å². The van der Waals surface area contributed by atoms with Crippen molar-refractivity contribution >= 4 is 29.2 Å². The van der Waals surface area contributed by atoms with E-state index in [-0.39, 0.29) is 12.5 Å². The predicted molar refractivity (Wildman–Crippen MR) is 100 cm³/mol. The Morgan fingerprint density at radius 2 is 2.07 bits per heavy atom. The third-order valence-corrected chi connectivity index (χ3v) is 5.01. The van der Waals surface area contributed by atoms with E-state index in [0.29, 0.717) is 40.6 Å². The lowest BCUT2D eigenvalue weighted by Gasteiger charge is -2.27. The standard InChI is InChI=1S/C18H18ClF3N6O/c19-13-5-3-12(4-6-13)16-14(27-8-1-2-15(27)29)10-28(25-16)17(24)26(11-23)9-7-18(20,21)22/h3-6,14,24H,1-2,7-10H2. The molecule has 2 aliphatic heterocycles. The van der Waals surface area contributed by atoms with Gasteiger partial charge in [-0.15, -0.1) is 0 Å². The Morgan fingerprint density at radius 3 is 2.62 bits per heavy atom. The van der Waals surface area contributed by atoms with Gasteiger partial charge in [0.25, 0.3) is 0 Å². The summed E-state index contributed by atoms with van der Waals surface area (Å²) in [6.07, 6.45) is -2.94. The summed E-state index contributed by atoms with van der Waals surface area (Å²) < 4.78 is 37.5. The monoisotopic (exact) mass is 426 g/mol. The summed E-state index contributed by atoms with van der Waals surface area (Å²) in [5.41, 5.74) is 1.20. The van der Waals surface area contributed by atoms with Crippen LogP contribution >= 0.6 is 11.6 Å². The fraction of sp³-hybridized carbons (Fsp3) is 0.444. The van der Waals surface area contributed by atoms with Crippen LogP contribution < -0.4 is 0 Å². The normalized spacial score (nSPS) is 19.3. The number of carbonyl (C=O) groups is 1. The van der Waals surface area contributed by atoms with Crippen molar-refractivity contribution in [1.29, 1.82) is 10.7 Å². The van der Waals surface area contributed by atoms with Crippen LogP contribution in [0.2, 0.25) is 5.02 Å². The average molecular weight is 427 g/mol. The van der Waals surface area contributed by atoms with Crippen LogP contribution in [0.15, 0.2) is 29.4 Å². The summed E-state index contributed by atoms with van der Waals surface area (Å²) in [5.74, 6) is -0.503. The molecule has 1 N–H and O–H groups in total. The van der Waals surface area contributed by atoms with Crippen molar-refractivity contribution in [3.8, 4) is 6.19 Å². The number of nitrogens with one attached hydrogen (secondary N) is 1. The van der Waals surface area contributed by atoms with Crippen molar-refractivity contribution in [2.45, 2.75) is 31.5 Å². The van der Waals surface area contributed by atoms with Gasteiger partial charge in [0.2, 0.25) is 11.9 Å². The van der Waals surface area contributed by atoms with E-state index in [1.807, 2.05) is 0 Å². The van der Waals surface area contributed by atoms with Crippen LogP contribution in [0.4, 0.5) is 13.2 Å². The Morgan fingerprint density at radius 1 is 1.38 bits per heavy atom. The van der Waals surface area contributed by atoms with Crippen molar-refractivity contribution in [3.63, 3.8) is 0 Å². The van der Waals surface area contributed by atoms with Gasteiger partial charge in [-0.2, -0.15) is 23.5 Å². The number of carbonyl (C=O) groups excluding carboxylic acids is 1. The molecule has 154 valence electrons. The van der Waals surface area contributed by atoms with Crippen LogP contribution in [0, 0.1) is 16.9 Å². The maximum Gasteiger partial charge on any atom is 0.390 e. The molecule has 0 spiro atoms. The summed E-state index contributed by atoms with van der Waals surface area (Å²) in [5, 5.41) is 23.4. The number of amides is 1. The maximum absolute atomic E-state index is 12.5. The van der Waals surface area contributed by atoms with Crippen LogP contribution in [0.1, 0.15) is 24.8 Å². The molecule has 0 aromatic heterocycles. The van der Waals surface area contributed by atoms with E-state index in [9.17, 15) is 23.2 Å². The highest BCUT2D eigenvalue weighted by Crippen LogP contribution is 2.25. The quantitative estimate of drug-likeness (QED) is 0.347. The van der Waals surface area contributed by atoms with Gasteiger partial charge in [-0.05, 0) is 18.6 Å². The zero-order chi connectivity index (χ0) is 21.2. The van der Waals surface area contributed by atoms with Gasteiger partial charge in [0, 0.05) is 30.1 Å². The number of likely N-dealkylation sites (tertiary alicyclic amines) is 1. The van der Waals surface area contributed by atoms with Gasteiger partial charge >= 0.3 is 6.18 Å². The minimum atomic E-state index is -4.44. The molecule has 1 fully saturated rings. The number of alkyl halides is 3. The van der Waals surface area contributed by atoms with Gasteiger partial charge in [-0.3, -0.25) is 10.2 Å². The molecule has 0 radical (unpaired) electrons. The second-order valence-electron chi connectivity index (χ2n) is 6.72. The van der Waals surface area contributed by atoms with E-state index >= 15 is 0 Å². The van der Waals surface area contributed by atoms with E-state index in [4.69, 9.17) is 17.0 Å². The molecule has 0 aliphatic carbocycles. The SMILES string of the molecule is N#CN(CCC(F)(F)F)C(=N)N1CC(N2CCCC2=O)C(c2ccc(Cl)cc2)=N1. The molecule has 2 heterocycles. The third-order valence-electron chi connectivity index (χ3n) is 4.76. The zero-order valence-electron chi connectivity index (χ0n) is 15.3. The molecule has 11 heteroatoms. The number of nitrogens with zero attached hydrogens (tertiary/aromatic N) is 5. The van der Waals surface area contributed by atoms with Crippen molar-refractivity contribution in [2.75, 3.05) is 19.6 Å². The fourth-order valence-electron chi connectivity index (χ4n) is 3.32. The number of benzene rings is 1. The van der Waals surface area contributed by atoms with E-state index < -0.39 is 31.1 Å². The highest BCUT2D eigenvalue weighted by Gasteiger charge is 2.39. The Hall–Kier alpha value is -2.80. The van der Waals surface area contributed by atoms with Gasteiger partial charge in [-0.1, -0.05) is 23.7 Å². The summed E-state index contributed by atoms with van der Waals surface area (Å²) in [6, 6.07) is 6.33. The fourth-order valence-corrected chi connectivity index (χ4v) is 3.44. The second-order valence-corrected chi connectivity index (χ2v) is 7.16. The van der Waals surface area contributed by atoms with E-state index in [0.717, 1.165) is 0 Å². The molecule has 1 saturated heterocycles. The smallest absolute Gasteiger partial charge is 0.332 e. The van der Waals surface area contributed by atoms with Crippen LogP contribution in [0.25, 0.3) is 0 Å². The molecule has 1 atom stereocenters.